The first kappa shape index (κ1) is 17.4. The van der Waals surface area contributed by atoms with Crippen molar-refractivity contribution < 1.29 is 12.8 Å². The first-order valence-corrected chi connectivity index (χ1v) is 10.9. The van der Waals surface area contributed by atoms with Gasteiger partial charge >= 0.3 is 0 Å². The second-order valence-corrected chi connectivity index (χ2v) is 8.79. The summed E-state index contributed by atoms with van der Waals surface area (Å²) >= 11 is 1.54. The van der Waals surface area contributed by atoms with Gasteiger partial charge in [-0.05, 0) is 31.2 Å². The van der Waals surface area contributed by atoms with E-state index in [0.717, 1.165) is 18.4 Å². The van der Waals surface area contributed by atoms with E-state index in [9.17, 15) is 8.42 Å². The van der Waals surface area contributed by atoms with E-state index in [2.05, 4.69) is 15.3 Å². The van der Waals surface area contributed by atoms with E-state index in [4.69, 9.17) is 4.42 Å². The van der Waals surface area contributed by atoms with Crippen LogP contribution in [0.2, 0.25) is 0 Å². The van der Waals surface area contributed by atoms with Crippen LogP contribution < -0.4 is 0 Å². The lowest BCUT2D eigenvalue weighted by Gasteiger charge is -2.31. The highest BCUT2D eigenvalue weighted by Gasteiger charge is 2.38. The molecular formula is C16H19N5O3S2. The highest BCUT2D eigenvalue weighted by Crippen LogP contribution is 2.35. The normalized spacial score (nSPS) is 19.0. The van der Waals surface area contributed by atoms with Gasteiger partial charge in [0.2, 0.25) is 21.8 Å². The Kier molecular flexibility index (Phi) is 4.63. The van der Waals surface area contributed by atoms with E-state index >= 15 is 0 Å². The molecule has 1 saturated heterocycles. The van der Waals surface area contributed by atoms with Crippen LogP contribution in [-0.2, 0) is 16.6 Å². The fraction of sp³-hybridized carbons (Fsp3) is 0.438. The van der Waals surface area contributed by atoms with Gasteiger partial charge in [0, 0.05) is 30.2 Å². The third-order valence-electron chi connectivity index (χ3n) is 4.49. The van der Waals surface area contributed by atoms with Crippen molar-refractivity contribution in [2.75, 3.05) is 6.54 Å². The molecule has 0 amide bonds. The van der Waals surface area contributed by atoms with Crippen LogP contribution in [0.5, 0.6) is 0 Å². The molecule has 0 saturated carbocycles. The molecule has 10 heteroatoms. The van der Waals surface area contributed by atoms with E-state index < -0.39 is 16.1 Å². The fourth-order valence-corrected chi connectivity index (χ4v) is 5.33. The first-order valence-electron chi connectivity index (χ1n) is 8.50. The Balaban J connectivity index is 1.66. The number of nitrogens with zero attached hydrogens (tertiary/aromatic N) is 5. The Hall–Kier alpha value is -2.04. The molecule has 0 aromatic carbocycles. The summed E-state index contributed by atoms with van der Waals surface area (Å²) < 4.78 is 35.1. The molecule has 0 N–H and O–H groups in total. The van der Waals surface area contributed by atoms with Gasteiger partial charge in [-0.25, -0.2) is 8.42 Å². The molecule has 1 aliphatic heterocycles. The average Bonchev–Trinajstić information content (AvgIpc) is 3.42. The Labute approximate surface area is 155 Å². The van der Waals surface area contributed by atoms with Gasteiger partial charge in [0.05, 0.1) is 6.20 Å². The fourth-order valence-electron chi connectivity index (χ4n) is 3.10. The third-order valence-corrected chi connectivity index (χ3v) is 7.03. The van der Waals surface area contributed by atoms with E-state index in [1.54, 1.807) is 22.2 Å². The van der Waals surface area contributed by atoms with Crippen molar-refractivity contribution in [2.45, 2.75) is 43.7 Å². The van der Waals surface area contributed by atoms with Crippen LogP contribution in [0.25, 0.3) is 11.5 Å². The van der Waals surface area contributed by atoms with Gasteiger partial charge in [-0.3, -0.25) is 4.68 Å². The number of hydrogen-bond acceptors (Lipinski definition) is 7. The maximum atomic E-state index is 13.1. The van der Waals surface area contributed by atoms with Gasteiger partial charge in [-0.1, -0.05) is 6.42 Å². The molecule has 1 atom stereocenters. The van der Waals surface area contributed by atoms with E-state index in [1.807, 2.05) is 23.8 Å². The molecule has 8 nitrogen and oxygen atoms in total. The standard InChI is InChI=1S/C16H19N5O3S2/c1-2-20-10-13(9-17-20)26(22,23)21-7-4-3-5-14(21)16-19-18-15(24-16)12-6-8-25-11-12/h6,8-11,14H,2-5,7H2,1H3. The van der Waals surface area contributed by atoms with Gasteiger partial charge in [0.25, 0.3) is 0 Å². The summed E-state index contributed by atoms with van der Waals surface area (Å²) in [7, 11) is -3.67. The lowest BCUT2D eigenvalue weighted by atomic mass is 10.1. The van der Waals surface area contributed by atoms with Gasteiger partial charge in [0.15, 0.2) is 0 Å². The molecule has 138 valence electrons. The number of rotatable bonds is 5. The summed E-state index contributed by atoms with van der Waals surface area (Å²) in [5.41, 5.74) is 0.850. The summed E-state index contributed by atoms with van der Waals surface area (Å²) in [4.78, 5) is 0.198. The van der Waals surface area contributed by atoms with Gasteiger partial charge < -0.3 is 4.42 Å². The zero-order valence-corrected chi connectivity index (χ0v) is 15.9. The van der Waals surface area contributed by atoms with Crippen molar-refractivity contribution in [3.05, 3.63) is 35.1 Å². The molecule has 1 aliphatic rings. The Morgan fingerprint density at radius 1 is 1.35 bits per heavy atom. The minimum absolute atomic E-state index is 0.198. The average molecular weight is 393 g/mol. The molecule has 1 unspecified atom stereocenters. The highest BCUT2D eigenvalue weighted by molar-refractivity contribution is 7.89. The maximum absolute atomic E-state index is 13.1. The number of piperidine rings is 1. The largest absolute Gasteiger partial charge is 0.419 e. The van der Waals surface area contributed by atoms with Crippen LogP contribution in [-0.4, -0.2) is 39.2 Å². The summed E-state index contributed by atoms with van der Waals surface area (Å²) in [5, 5.41) is 16.2. The highest BCUT2D eigenvalue weighted by atomic mass is 32.2. The quantitative estimate of drug-likeness (QED) is 0.661. The number of hydrogen-bond donors (Lipinski definition) is 0. The van der Waals surface area contributed by atoms with Crippen molar-refractivity contribution in [3.8, 4) is 11.5 Å². The number of aromatic nitrogens is 4. The van der Waals surface area contributed by atoms with Crippen molar-refractivity contribution >= 4 is 21.4 Å². The predicted octanol–water partition coefficient (Wildman–Crippen LogP) is 2.93. The van der Waals surface area contributed by atoms with Gasteiger partial charge in [-0.2, -0.15) is 20.7 Å². The summed E-state index contributed by atoms with van der Waals surface area (Å²) in [6.45, 7) is 2.96. The summed E-state index contributed by atoms with van der Waals surface area (Å²) in [5.74, 6) is 0.764. The smallest absolute Gasteiger partial charge is 0.248 e. The molecule has 0 radical (unpaired) electrons. The summed E-state index contributed by atoms with van der Waals surface area (Å²) in [6.07, 6.45) is 5.34. The lowest BCUT2D eigenvalue weighted by Crippen LogP contribution is -2.38. The van der Waals surface area contributed by atoms with Crippen molar-refractivity contribution in [1.29, 1.82) is 0 Å². The molecule has 1 fully saturated rings. The van der Waals surface area contributed by atoms with E-state index in [-0.39, 0.29) is 4.90 Å². The van der Waals surface area contributed by atoms with Crippen LogP contribution in [0.1, 0.15) is 38.1 Å². The molecule has 26 heavy (non-hydrogen) atoms. The topological polar surface area (TPSA) is 94.1 Å². The zero-order valence-electron chi connectivity index (χ0n) is 14.3. The molecule has 3 aromatic rings. The SMILES string of the molecule is CCn1cc(S(=O)(=O)N2CCCCC2c2nnc(-c3ccsc3)o2)cn1. The molecule has 4 rings (SSSR count). The Morgan fingerprint density at radius 2 is 2.23 bits per heavy atom. The monoisotopic (exact) mass is 393 g/mol. The Morgan fingerprint density at radius 3 is 2.96 bits per heavy atom. The van der Waals surface area contributed by atoms with Crippen molar-refractivity contribution in [2.24, 2.45) is 0 Å². The molecule has 0 bridgehead atoms. The van der Waals surface area contributed by atoms with Crippen LogP contribution in [0.15, 0.2) is 38.5 Å². The van der Waals surface area contributed by atoms with Crippen LogP contribution in [0.3, 0.4) is 0 Å². The number of aryl methyl sites for hydroxylation is 1. The molecule has 0 aliphatic carbocycles. The lowest BCUT2D eigenvalue weighted by molar-refractivity contribution is 0.220. The number of thiophene rings is 1. The minimum Gasteiger partial charge on any atom is -0.419 e. The van der Waals surface area contributed by atoms with Crippen molar-refractivity contribution in [3.63, 3.8) is 0 Å². The molecule has 4 heterocycles. The van der Waals surface area contributed by atoms with E-state index in [1.165, 1.54) is 10.5 Å². The zero-order chi connectivity index (χ0) is 18.1. The molecular weight excluding hydrogens is 374 g/mol. The van der Waals surface area contributed by atoms with Gasteiger partial charge in [-0.15, -0.1) is 10.2 Å². The maximum Gasteiger partial charge on any atom is 0.248 e. The third kappa shape index (κ3) is 3.08. The van der Waals surface area contributed by atoms with Gasteiger partial charge in [0.1, 0.15) is 10.9 Å². The number of sulfonamides is 1. The molecule has 0 spiro atoms. The van der Waals surface area contributed by atoms with Crippen LogP contribution in [0, 0.1) is 0 Å². The van der Waals surface area contributed by atoms with Crippen LogP contribution in [0.4, 0.5) is 0 Å². The molecule has 3 aromatic heterocycles. The van der Waals surface area contributed by atoms with Crippen molar-refractivity contribution in [1.82, 2.24) is 24.3 Å². The Bertz CT molecular complexity index is 977. The predicted molar refractivity (Wildman–Crippen MR) is 96.0 cm³/mol. The minimum atomic E-state index is -3.67. The first-order chi connectivity index (χ1) is 12.6. The second-order valence-electron chi connectivity index (χ2n) is 6.12. The van der Waals surface area contributed by atoms with Crippen LogP contribution >= 0.6 is 11.3 Å². The summed E-state index contributed by atoms with van der Waals surface area (Å²) in [6, 6.07) is 1.45. The van der Waals surface area contributed by atoms with E-state index in [0.29, 0.717) is 31.3 Å². The second kappa shape index (κ2) is 6.93.